The molecule has 0 spiro atoms. The van der Waals surface area contributed by atoms with Crippen LogP contribution in [0.2, 0.25) is 0 Å². The summed E-state index contributed by atoms with van der Waals surface area (Å²) < 4.78 is 13.5. The molecule has 1 heterocycles. The SMILES string of the molecule is CCNCc1sc(-c2cc(C)cc(F)c2)nc1CC. The van der Waals surface area contributed by atoms with E-state index in [1.54, 1.807) is 17.4 Å². The third-order valence-electron chi connectivity index (χ3n) is 2.94. The van der Waals surface area contributed by atoms with Crippen LogP contribution in [0.15, 0.2) is 18.2 Å². The molecule has 1 N–H and O–H groups in total. The average molecular weight is 278 g/mol. The summed E-state index contributed by atoms with van der Waals surface area (Å²) in [7, 11) is 0. The number of halogens is 1. The van der Waals surface area contributed by atoms with Crippen molar-refractivity contribution in [1.29, 1.82) is 0 Å². The van der Waals surface area contributed by atoms with Crippen molar-refractivity contribution >= 4 is 11.3 Å². The lowest BCUT2D eigenvalue weighted by Crippen LogP contribution is -2.11. The lowest BCUT2D eigenvalue weighted by molar-refractivity contribution is 0.627. The molecule has 1 aromatic heterocycles. The van der Waals surface area contributed by atoms with Crippen molar-refractivity contribution < 1.29 is 4.39 Å². The summed E-state index contributed by atoms with van der Waals surface area (Å²) in [4.78, 5) is 5.90. The van der Waals surface area contributed by atoms with E-state index in [0.717, 1.165) is 41.3 Å². The molecule has 19 heavy (non-hydrogen) atoms. The zero-order valence-electron chi connectivity index (χ0n) is 11.6. The zero-order valence-corrected chi connectivity index (χ0v) is 12.4. The first-order valence-electron chi connectivity index (χ1n) is 6.60. The molecular weight excluding hydrogens is 259 g/mol. The highest BCUT2D eigenvalue weighted by atomic mass is 32.1. The monoisotopic (exact) mass is 278 g/mol. The van der Waals surface area contributed by atoms with Crippen LogP contribution in [0.4, 0.5) is 4.39 Å². The van der Waals surface area contributed by atoms with Crippen LogP contribution < -0.4 is 5.32 Å². The number of nitrogens with zero attached hydrogens (tertiary/aromatic N) is 1. The van der Waals surface area contributed by atoms with Gasteiger partial charge in [0.05, 0.1) is 5.69 Å². The minimum atomic E-state index is -0.198. The summed E-state index contributed by atoms with van der Waals surface area (Å²) in [6.45, 7) is 7.87. The fraction of sp³-hybridized carbons (Fsp3) is 0.400. The normalized spacial score (nSPS) is 10.9. The Morgan fingerprint density at radius 1 is 1.26 bits per heavy atom. The van der Waals surface area contributed by atoms with Crippen molar-refractivity contribution in [2.24, 2.45) is 0 Å². The van der Waals surface area contributed by atoms with Gasteiger partial charge in [-0.15, -0.1) is 11.3 Å². The fourth-order valence-corrected chi connectivity index (χ4v) is 3.13. The quantitative estimate of drug-likeness (QED) is 0.896. The van der Waals surface area contributed by atoms with E-state index in [9.17, 15) is 4.39 Å². The van der Waals surface area contributed by atoms with E-state index >= 15 is 0 Å². The molecule has 0 saturated heterocycles. The van der Waals surface area contributed by atoms with Gasteiger partial charge in [0.1, 0.15) is 10.8 Å². The van der Waals surface area contributed by atoms with Crippen LogP contribution in [0.25, 0.3) is 10.6 Å². The van der Waals surface area contributed by atoms with Gasteiger partial charge in [0.2, 0.25) is 0 Å². The van der Waals surface area contributed by atoms with Crippen molar-refractivity contribution in [3.8, 4) is 10.6 Å². The van der Waals surface area contributed by atoms with Gasteiger partial charge in [-0.2, -0.15) is 0 Å². The first-order chi connectivity index (χ1) is 9.13. The molecule has 102 valence electrons. The molecular formula is C15H19FN2S. The molecule has 2 aromatic rings. The van der Waals surface area contributed by atoms with Crippen LogP contribution in [0, 0.1) is 12.7 Å². The molecule has 1 aromatic carbocycles. The Balaban J connectivity index is 2.36. The molecule has 0 aliphatic rings. The minimum Gasteiger partial charge on any atom is -0.312 e. The predicted octanol–water partition coefficient (Wildman–Crippen LogP) is 3.93. The van der Waals surface area contributed by atoms with Crippen molar-refractivity contribution in [2.75, 3.05) is 6.54 Å². The van der Waals surface area contributed by atoms with E-state index in [-0.39, 0.29) is 5.82 Å². The van der Waals surface area contributed by atoms with Gasteiger partial charge in [-0.3, -0.25) is 0 Å². The lowest BCUT2D eigenvalue weighted by atomic mass is 10.1. The summed E-state index contributed by atoms with van der Waals surface area (Å²) in [5, 5.41) is 4.23. The van der Waals surface area contributed by atoms with Gasteiger partial charge in [-0.05, 0) is 43.7 Å². The van der Waals surface area contributed by atoms with Crippen LogP contribution in [-0.4, -0.2) is 11.5 Å². The molecule has 0 bridgehead atoms. The van der Waals surface area contributed by atoms with Crippen molar-refractivity contribution in [3.05, 3.63) is 40.2 Å². The lowest BCUT2D eigenvalue weighted by Gasteiger charge is -1.99. The molecule has 0 aliphatic carbocycles. The zero-order chi connectivity index (χ0) is 13.8. The number of aryl methyl sites for hydroxylation is 2. The van der Waals surface area contributed by atoms with E-state index in [4.69, 9.17) is 0 Å². The maximum Gasteiger partial charge on any atom is 0.124 e. The second-order valence-electron chi connectivity index (χ2n) is 4.54. The maximum atomic E-state index is 13.5. The minimum absolute atomic E-state index is 0.198. The first kappa shape index (κ1) is 14.2. The van der Waals surface area contributed by atoms with Crippen molar-refractivity contribution in [2.45, 2.75) is 33.7 Å². The Bertz CT molecular complexity index is 543. The summed E-state index contributed by atoms with van der Waals surface area (Å²) in [6.07, 6.45) is 0.908. The standard InChI is InChI=1S/C15H19FN2S/c1-4-13-14(9-17-5-2)19-15(18-13)11-6-10(3)7-12(16)8-11/h6-8,17H,4-5,9H2,1-3H3. The number of rotatable bonds is 5. The molecule has 0 radical (unpaired) electrons. The topological polar surface area (TPSA) is 24.9 Å². The Morgan fingerprint density at radius 2 is 2.05 bits per heavy atom. The first-order valence-corrected chi connectivity index (χ1v) is 7.42. The van der Waals surface area contributed by atoms with Gasteiger partial charge >= 0.3 is 0 Å². The number of benzene rings is 1. The average Bonchev–Trinajstić information content (AvgIpc) is 2.78. The molecule has 0 amide bonds. The number of hydrogen-bond acceptors (Lipinski definition) is 3. The number of aromatic nitrogens is 1. The van der Waals surface area contributed by atoms with Crippen LogP contribution in [0.1, 0.15) is 30.0 Å². The molecule has 2 rings (SSSR count). The molecule has 0 fully saturated rings. The number of nitrogens with one attached hydrogen (secondary N) is 1. The van der Waals surface area contributed by atoms with Gasteiger partial charge in [-0.1, -0.05) is 13.8 Å². The van der Waals surface area contributed by atoms with Crippen LogP contribution >= 0.6 is 11.3 Å². The third kappa shape index (κ3) is 3.39. The molecule has 2 nitrogen and oxygen atoms in total. The second-order valence-corrected chi connectivity index (χ2v) is 5.62. The van der Waals surface area contributed by atoms with E-state index in [0.29, 0.717) is 0 Å². The van der Waals surface area contributed by atoms with Gasteiger partial charge in [-0.25, -0.2) is 9.37 Å². The summed E-state index contributed by atoms with van der Waals surface area (Å²) in [6, 6.07) is 5.08. The van der Waals surface area contributed by atoms with Crippen molar-refractivity contribution in [1.82, 2.24) is 10.3 Å². The third-order valence-corrected chi connectivity index (χ3v) is 4.08. The smallest absolute Gasteiger partial charge is 0.124 e. The Labute approximate surface area is 117 Å². The van der Waals surface area contributed by atoms with Gasteiger partial charge in [0.15, 0.2) is 0 Å². The van der Waals surface area contributed by atoms with Crippen molar-refractivity contribution in [3.63, 3.8) is 0 Å². The Kier molecular flexibility index (Phi) is 4.66. The fourth-order valence-electron chi connectivity index (χ4n) is 2.02. The summed E-state index contributed by atoms with van der Waals surface area (Å²) in [5.74, 6) is -0.198. The molecule has 0 saturated carbocycles. The van der Waals surface area contributed by atoms with Crippen LogP contribution in [-0.2, 0) is 13.0 Å². The van der Waals surface area contributed by atoms with E-state index in [1.807, 2.05) is 13.0 Å². The Hall–Kier alpha value is -1.26. The van der Waals surface area contributed by atoms with Crippen LogP contribution in [0.3, 0.4) is 0 Å². The highest BCUT2D eigenvalue weighted by molar-refractivity contribution is 7.15. The van der Waals surface area contributed by atoms with Gasteiger partial charge in [0, 0.05) is 17.0 Å². The predicted molar refractivity (Wildman–Crippen MR) is 79.0 cm³/mol. The Morgan fingerprint density at radius 3 is 2.68 bits per heavy atom. The van der Waals surface area contributed by atoms with Gasteiger partial charge in [0.25, 0.3) is 0 Å². The highest BCUT2D eigenvalue weighted by Gasteiger charge is 2.11. The van der Waals surface area contributed by atoms with Gasteiger partial charge < -0.3 is 5.32 Å². The van der Waals surface area contributed by atoms with E-state index < -0.39 is 0 Å². The summed E-state index contributed by atoms with van der Waals surface area (Å²) in [5.41, 5.74) is 2.92. The van der Waals surface area contributed by atoms with E-state index in [2.05, 4.69) is 24.1 Å². The number of hydrogen-bond donors (Lipinski definition) is 1. The van der Waals surface area contributed by atoms with E-state index in [1.165, 1.54) is 10.9 Å². The van der Waals surface area contributed by atoms with Crippen LogP contribution in [0.5, 0.6) is 0 Å². The molecule has 0 unspecified atom stereocenters. The maximum absolute atomic E-state index is 13.5. The largest absolute Gasteiger partial charge is 0.312 e. The molecule has 0 atom stereocenters. The number of thiazole rings is 1. The highest BCUT2D eigenvalue weighted by Crippen LogP contribution is 2.29. The summed E-state index contributed by atoms with van der Waals surface area (Å²) >= 11 is 1.65. The molecule has 0 aliphatic heterocycles. The molecule has 4 heteroatoms. The second kappa shape index (κ2) is 6.26.